The number of hydrogen-bond donors (Lipinski definition) is 0. The lowest BCUT2D eigenvalue weighted by atomic mass is 10.00. The third-order valence-corrected chi connectivity index (χ3v) is 7.15. The van der Waals surface area contributed by atoms with E-state index in [1.54, 1.807) is 59.7 Å². The molecule has 1 aromatic heterocycles. The summed E-state index contributed by atoms with van der Waals surface area (Å²) >= 11 is 1.67. The van der Waals surface area contributed by atoms with Gasteiger partial charge in [0.25, 0.3) is 5.91 Å². The highest BCUT2D eigenvalue weighted by Gasteiger charge is 2.33. The van der Waals surface area contributed by atoms with Crippen molar-refractivity contribution in [2.45, 2.75) is 26.3 Å². The fourth-order valence-corrected chi connectivity index (χ4v) is 5.36. The first kappa shape index (κ1) is 25.7. The summed E-state index contributed by atoms with van der Waals surface area (Å²) in [5.74, 6) is 0.661. The smallest absolute Gasteiger partial charge is 0.254 e. The van der Waals surface area contributed by atoms with Crippen molar-refractivity contribution in [3.63, 3.8) is 0 Å². The van der Waals surface area contributed by atoms with Crippen LogP contribution in [0.2, 0.25) is 0 Å². The van der Waals surface area contributed by atoms with Crippen molar-refractivity contribution >= 4 is 23.2 Å². The minimum absolute atomic E-state index is 0.0270. The van der Waals surface area contributed by atoms with Gasteiger partial charge in [-0.05, 0) is 71.8 Å². The molecule has 36 heavy (non-hydrogen) atoms. The van der Waals surface area contributed by atoms with Crippen LogP contribution in [0.15, 0.2) is 60.0 Å². The monoisotopic (exact) mass is 510 g/mol. The van der Waals surface area contributed by atoms with Gasteiger partial charge in [-0.25, -0.2) is 4.39 Å². The van der Waals surface area contributed by atoms with E-state index in [0.717, 1.165) is 12.0 Å². The highest BCUT2D eigenvalue weighted by molar-refractivity contribution is 7.10. The molecule has 0 saturated heterocycles. The Hall–Kier alpha value is -3.39. The molecule has 0 saturated carbocycles. The Morgan fingerprint density at radius 2 is 1.92 bits per heavy atom. The van der Waals surface area contributed by atoms with E-state index < -0.39 is 0 Å². The molecular formula is C28H31FN2O4S. The van der Waals surface area contributed by atoms with Crippen molar-refractivity contribution in [3.8, 4) is 11.5 Å². The zero-order valence-corrected chi connectivity index (χ0v) is 21.6. The molecule has 2 amide bonds. The molecule has 190 valence electrons. The third-order valence-electron chi connectivity index (χ3n) is 6.15. The number of hydrogen-bond acceptors (Lipinski definition) is 5. The van der Waals surface area contributed by atoms with Crippen LogP contribution in [0.4, 0.5) is 4.39 Å². The number of thiophene rings is 1. The van der Waals surface area contributed by atoms with Crippen LogP contribution in [0.25, 0.3) is 0 Å². The van der Waals surface area contributed by atoms with Gasteiger partial charge in [-0.3, -0.25) is 9.59 Å². The van der Waals surface area contributed by atoms with Crippen molar-refractivity contribution in [3.05, 3.63) is 81.8 Å². The van der Waals surface area contributed by atoms with Gasteiger partial charge in [0.05, 0.1) is 13.2 Å². The maximum Gasteiger partial charge on any atom is 0.254 e. The second kappa shape index (κ2) is 11.6. The quantitative estimate of drug-likeness (QED) is 0.397. The predicted molar refractivity (Wildman–Crippen MR) is 138 cm³/mol. The van der Waals surface area contributed by atoms with Gasteiger partial charge in [-0.15, -0.1) is 11.3 Å². The Kier molecular flexibility index (Phi) is 8.25. The number of benzene rings is 2. The van der Waals surface area contributed by atoms with Crippen LogP contribution >= 0.6 is 11.3 Å². The van der Waals surface area contributed by atoms with Gasteiger partial charge < -0.3 is 19.3 Å². The van der Waals surface area contributed by atoms with Crippen molar-refractivity contribution in [1.82, 2.24) is 9.80 Å². The molecule has 0 N–H and O–H groups in total. The molecule has 0 bridgehead atoms. The van der Waals surface area contributed by atoms with Crippen LogP contribution in [0, 0.1) is 11.7 Å². The standard InChI is InChI=1S/C28H31FN2O4S/c1-19(2)16-30(28(33)20-5-4-6-23(15-20)34-3)17-27(32)31-13-11-26-24(12-14-36-26)25(31)18-35-22-9-7-21(29)8-10-22/h4-10,12,14-15,19,25H,11,13,16-18H2,1-3H3/t25-/m1/s1. The second-order valence-corrected chi connectivity index (χ2v) is 10.2. The molecule has 2 aromatic carbocycles. The van der Waals surface area contributed by atoms with E-state index in [9.17, 15) is 14.0 Å². The maximum absolute atomic E-state index is 13.7. The number of fused-ring (bicyclic) bond motifs is 1. The van der Waals surface area contributed by atoms with Gasteiger partial charge in [0, 0.05) is 23.5 Å². The van der Waals surface area contributed by atoms with E-state index in [1.165, 1.54) is 17.0 Å². The molecular weight excluding hydrogens is 479 g/mol. The van der Waals surface area contributed by atoms with Crippen molar-refractivity contribution in [2.24, 2.45) is 5.92 Å². The first-order valence-electron chi connectivity index (χ1n) is 12.0. The highest BCUT2D eigenvalue weighted by Crippen LogP contribution is 2.34. The van der Waals surface area contributed by atoms with E-state index in [4.69, 9.17) is 9.47 Å². The Morgan fingerprint density at radius 3 is 2.64 bits per heavy atom. The molecule has 1 atom stereocenters. The number of amides is 2. The fraction of sp³-hybridized carbons (Fsp3) is 0.357. The van der Waals surface area contributed by atoms with Crippen LogP contribution in [-0.4, -0.2) is 55.0 Å². The number of nitrogens with zero attached hydrogens (tertiary/aromatic N) is 2. The summed E-state index contributed by atoms with van der Waals surface area (Å²) < 4.78 is 24.5. The SMILES string of the molecule is COc1cccc(C(=O)N(CC(=O)N2CCc3sccc3[C@H]2COc2ccc(F)cc2)CC(C)C)c1. The lowest BCUT2D eigenvalue weighted by molar-refractivity contribution is -0.135. The van der Waals surface area contributed by atoms with Crippen LogP contribution < -0.4 is 9.47 Å². The molecule has 6 nitrogen and oxygen atoms in total. The van der Waals surface area contributed by atoms with Gasteiger partial charge >= 0.3 is 0 Å². The summed E-state index contributed by atoms with van der Waals surface area (Å²) in [6, 6.07) is 14.6. The topological polar surface area (TPSA) is 59.1 Å². The number of ether oxygens (including phenoxy) is 2. The number of carbonyl (C=O) groups is 2. The van der Waals surface area contributed by atoms with E-state index >= 15 is 0 Å². The molecule has 0 spiro atoms. The summed E-state index contributed by atoms with van der Waals surface area (Å²) in [6.07, 6.45) is 0.764. The summed E-state index contributed by atoms with van der Waals surface area (Å²) in [6.45, 7) is 5.26. The average Bonchev–Trinajstić information content (AvgIpc) is 3.36. The molecule has 0 radical (unpaired) electrons. The van der Waals surface area contributed by atoms with Gasteiger partial charge in [-0.1, -0.05) is 19.9 Å². The summed E-state index contributed by atoms with van der Waals surface area (Å²) in [4.78, 5) is 31.7. The molecule has 1 aliphatic rings. The Morgan fingerprint density at radius 1 is 1.14 bits per heavy atom. The summed E-state index contributed by atoms with van der Waals surface area (Å²) in [7, 11) is 1.56. The third kappa shape index (κ3) is 6.05. The predicted octanol–water partition coefficient (Wildman–Crippen LogP) is 5.20. The largest absolute Gasteiger partial charge is 0.497 e. The van der Waals surface area contributed by atoms with Gasteiger partial charge in [0.1, 0.15) is 30.5 Å². The number of halogens is 1. The Labute approximate surface area is 215 Å². The lowest BCUT2D eigenvalue weighted by Crippen LogP contribution is -2.48. The van der Waals surface area contributed by atoms with Crippen molar-refractivity contribution in [1.29, 1.82) is 0 Å². The fourth-order valence-electron chi connectivity index (χ4n) is 4.43. The number of rotatable bonds is 9. The molecule has 1 aliphatic heterocycles. The minimum atomic E-state index is -0.331. The van der Waals surface area contributed by atoms with E-state index in [-0.39, 0.29) is 42.7 Å². The number of carbonyl (C=O) groups excluding carboxylic acids is 2. The summed E-state index contributed by atoms with van der Waals surface area (Å²) in [5, 5.41) is 2.03. The Bertz CT molecular complexity index is 1190. The van der Waals surface area contributed by atoms with Crippen LogP contribution in [0.1, 0.15) is 40.7 Å². The maximum atomic E-state index is 13.7. The van der Waals surface area contributed by atoms with Gasteiger partial charge in [0.15, 0.2) is 0 Å². The average molecular weight is 511 g/mol. The van der Waals surface area contributed by atoms with Crippen LogP contribution in [0.3, 0.4) is 0 Å². The zero-order chi connectivity index (χ0) is 25.7. The van der Waals surface area contributed by atoms with E-state index in [2.05, 4.69) is 0 Å². The summed E-state index contributed by atoms with van der Waals surface area (Å²) in [5.41, 5.74) is 1.55. The Balaban J connectivity index is 1.53. The molecule has 4 rings (SSSR count). The number of methoxy groups -OCH3 is 1. The highest BCUT2D eigenvalue weighted by atomic mass is 32.1. The second-order valence-electron chi connectivity index (χ2n) is 9.23. The molecule has 0 aliphatic carbocycles. The lowest BCUT2D eigenvalue weighted by Gasteiger charge is -2.37. The van der Waals surface area contributed by atoms with Gasteiger partial charge in [0.2, 0.25) is 5.91 Å². The van der Waals surface area contributed by atoms with Crippen molar-refractivity contribution in [2.75, 3.05) is 33.4 Å². The van der Waals surface area contributed by atoms with Crippen molar-refractivity contribution < 1.29 is 23.5 Å². The first-order valence-corrected chi connectivity index (χ1v) is 12.9. The molecule has 0 fully saturated rings. The van der Waals surface area contributed by atoms with E-state index in [0.29, 0.717) is 30.2 Å². The zero-order valence-electron chi connectivity index (χ0n) is 20.8. The molecule has 3 aromatic rings. The minimum Gasteiger partial charge on any atom is -0.497 e. The molecule has 2 heterocycles. The molecule has 0 unspecified atom stereocenters. The van der Waals surface area contributed by atoms with Gasteiger partial charge in [-0.2, -0.15) is 0 Å². The van der Waals surface area contributed by atoms with Crippen LogP contribution in [0.5, 0.6) is 11.5 Å². The normalized spacial score (nSPS) is 14.9. The van der Waals surface area contributed by atoms with Crippen LogP contribution in [-0.2, 0) is 11.2 Å². The van der Waals surface area contributed by atoms with E-state index in [1.807, 2.05) is 30.2 Å². The first-order chi connectivity index (χ1) is 17.4. The molecule has 8 heteroatoms.